The molecule has 4 rings (SSSR count). The highest BCUT2D eigenvalue weighted by Crippen LogP contribution is 2.40. The molecule has 0 bridgehead atoms. The molecule has 2 amide bonds. The van der Waals surface area contributed by atoms with E-state index in [4.69, 9.17) is 0 Å². The predicted octanol–water partition coefficient (Wildman–Crippen LogP) is 2.38. The monoisotopic (exact) mass is 415 g/mol. The van der Waals surface area contributed by atoms with Gasteiger partial charge in [-0.15, -0.1) is 6.58 Å². The number of carbonyl (C=O) groups is 2. The van der Waals surface area contributed by atoms with Gasteiger partial charge in [-0.25, -0.2) is 4.39 Å². The highest BCUT2D eigenvalue weighted by molar-refractivity contribution is 6.05. The summed E-state index contributed by atoms with van der Waals surface area (Å²) < 4.78 is 14.6. The number of alkyl halides is 1. The molecule has 0 aromatic carbocycles. The summed E-state index contributed by atoms with van der Waals surface area (Å²) in [7, 11) is 0. The van der Waals surface area contributed by atoms with Gasteiger partial charge in [0, 0.05) is 18.7 Å². The van der Waals surface area contributed by atoms with E-state index in [0.29, 0.717) is 44.2 Å². The Morgan fingerprint density at radius 2 is 1.97 bits per heavy atom. The van der Waals surface area contributed by atoms with E-state index in [1.165, 1.54) is 15.5 Å². The van der Waals surface area contributed by atoms with Crippen molar-refractivity contribution in [2.75, 3.05) is 13.1 Å². The topological polar surface area (TPSA) is 91.6 Å². The van der Waals surface area contributed by atoms with Crippen molar-refractivity contribution >= 4 is 11.8 Å². The molecular weight excluding hydrogens is 389 g/mol. The molecule has 2 N–H and O–H groups in total. The minimum Gasteiger partial charge on any atom is -0.502 e. The number of aromatic nitrogens is 1. The summed E-state index contributed by atoms with van der Waals surface area (Å²) in [6, 6.07) is 0. The summed E-state index contributed by atoms with van der Waals surface area (Å²) in [5.41, 5.74) is -0.861. The number of allylic oxidation sites excluding steroid dienone is 2. The zero-order valence-corrected chi connectivity index (χ0v) is 16.8. The summed E-state index contributed by atoms with van der Waals surface area (Å²) >= 11 is 0. The Morgan fingerprint density at radius 3 is 2.67 bits per heavy atom. The van der Waals surface area contributed by atoms with Gasteiger partial charge in [0.25, 0.3) is 17.4 Å². The molecule has 2 aliphatic heterocycles. The van der Waals surface area contributed by atoms with E-state index >= 15 is 0 Å². The van der Waals surface area contributed by atoms with Crippen LogP contribution in [0.25, 0.3) is 0 Å². The summed E-state index contributed by atoms with van der Waals surface area (Å²) in [6.07, 6.45) is 8.06. The number of nitrogens with one attached hydrogen (secondary N) is 1. The number of pyridine rings is 1. The van der Waals surface area contributed by atoms with Crippen molar-refractivity contribution < 1.29 is 19.1 Å². The number of carbonyl (C=O) groups excluding carboxylic acids is 2. The summed E-state index contributed by atoms with van der Waals surface area (Å²) in [5.74, 6) is -1.40. The van der Waals surface area contributed by atoms with E-state index in [0.717, 1.165) is 12.8 Å². The van der Waals surface area contributed by atoms with Crippen LogP contribution >= 0.6 is 0 Å². The van der Waals surface area contributed by atoms with Gasteiger partial charge in [0.15, 0.2) is 5.75 Å². The first-order valence-electron chi connectivity index (χ1n) is 10.4. The number of nitrogens with zero attached hydrogens (tertiary/aromatic N) is 2. The van der Waals surface area contributed by atoms with E-state index in [-0.39, 0.29) is 23.7 Å². The van der Waals surface area contributed by atoms with Crippen molar-refractivity contribution in [1.29, 1.82) is 0 Å². The molecule has 8 heteroatoms. The van der Waals surface area contributed by atoms with Gasteiger partial charge in [-0.2, -0.15) is 0 Å². The molecule has 0 saturated heterocycles. The number of hydrogen-bond acceptors (Lipinski definition) is 4. The smallest absolute Gasteiger partial charge is 0.296 e. The lowest BCUT2D eigenvalue weighted by Crippen LogP contribution is -2.46. The fraction of sp³-hybridized carbons (Fsp3) is 0.500. The Kier molecular flexibility index (Phi) is 5.26. The molecule has 7 nitrogen and oxygen atoms in total. The van der Waals surface area contributed by atoms with Crippen LogP contribution in [0.1, 0.15) is 64.9 Å². The van der Waals surface area contributed by atoms with Crippen LogP contribution in [0.2, 0.25) is 0 Å². The SMILES string of the molecule is C=CC(F)CC/C=C/CN1CCc2c(c(O)c(=O)n3c2C(=O)NC32CCCC2)C1=O. The van der Waals surface area contributed by atoms with Crippen LogP contribution in [0.5, 0.6) is 5.75 Å². The first-order valence-corrected chi connectivity index (χ1v) is 10.4. The van der Waals surface area contributed by atoms with Crippen LogP contribution < -0.4 is 10.9 Å². The van der Waals surface area contributed by atoms with Gasteiger partial charge >= 0.3 is 0 Å². The molecule has 160 valence electrons. The van der Waals surface area contributed by atoms with Crippen molar-refractivity contribution in [2.45, 2.75) is 56.8 Å². The van der Waals surface area contributed by atoms with Crippen LogP contribution in [0, 0.1) is 0 Å². The standard InChI is InChI=1S/C22H26FN3O4/c1-2-14(23)8-4-3-7-12-25-13-9-15-16(20(25)29)18(27)21(30)26-17(15)19(28)24-22(26)10-5-6-11-22/h2-3,7,14,27H,1,4-6,8-13H2,(H,24,28)/b7-3+. The second-order valence-corrected chi connectivity index (χ2v) is 8.19. The van der Waals surface area contributed by atoms with Crippen LogP contribution in [0.15, 0.2) is 29.6 Å². The summed E-state index contributed by atoms with van der Waals surface area (Å²) in [5, 5.41) is 13.6. The second-order valence-electron chi connectivity index (χ2n) is 8.19. The van der Waals surface area contributed by atoms with Crippen LogP contribution in [0.4, 0.5) is 4.39 Å². The maximum atomic E-state index is 13.2. The number of halogens is 1. The molecule has 1 atom stereocenters. The summed E-state index contributed by atoms with van der Waals surface area (Å²) in [4.78, 5) is 40.3. The highest BCUT2D eigenvalue weighted by atomic mass is 19.1. The van der Waals surface area contributed by atoms with E-state index in [2.05, 4.69) is 11.9 Å². The lowest BCUT2D eigenvalue weighted by Gasteiger charge is -2.31. The quantitative estimate of drug-likeness (QED) is 0.698. The molecule has 1 aliphatic carbocycles. The van der Waals surface area contributed by atoms with E-state index in [1.807, 2.05) is 0 Å². The summed E-state index contributed by atoms with van der Waals surface area (Å²) in [6.45, 7) is 4.06. The van der Waals surface area contributed by atoms with Crippen molar-refractivity contribution in [2.24, 2.45) is 0 Å². The highest BCUT2D eigenvalue weighted by Gasteiger charge is 2.49. The normalized spacial score (nSPS) is 20.5. The van der Waals surface area contributed by atoms with Gasteiger partial charge in [0.2, 0.25) is 0 Å². The number of aromatic hydroxyl groups is 1. The maximum Gasteiger partial charge on any atom is 0.296 e. The van der Waals surface area contributed by atoms with Gasteiger partial charge in [-0.05, 0) is 44.9 Å². The Morgan fingerprint density at radius 1 is 1.23 bits per heavy atom. The molecule has 0 radical (unpaired) electrons. The third-order valence-corrected chi connectivity index (χ3v) is 6.36. The molecule has 1 aromatic rings. The van der Waals surface area contributed by atoms with E-state index in [9.17, 15) is 23.9 Å². The Labute approximate surface area is 173 Å². The van der Waals surface area contributed by atoms with Crippen molar-refractivity contribution in [1.82, 2.24) is 14.8 Å². The van der Waals surface area contributed by atoms with Crippen LogP contribution in [-0.2, 0) is 12.1 Å². The minimum absolute atomic E-state index is 0.0634. The average molecular weight is 415 g/mol. The Hall–Kier alpha value is -2.90. The van der Waals surface area contributed by atoms with E-state index in [1.54, 1.807) is 12.2 Å². The fourth-order valence-corrected chi connectivity index (χ4v) is 4.84. The van der Waals surface area contributed by atoms with Gasteiger partial charge in [0.05, 0.1) is 5.56 Å². The minimum atomic E-state index is -1.06. The Bertz CT molecular complexity index is 991. The molecule has 30 heavy (non-hydrogen) atoms. The van der Waals surface area contributed by atoms with Gasteiger partial charge in [0.1, 0.15) is 17.5 Å². The maximum absolute atomic E-state index is 13.2. The molecule has 1 fully saturated rings. The van der Waals surface area contributed by atoms with Crippen molar-refractivity contribution in [3.63, 3.8) is 0 Å². The van der Waals surface area contributed by atoms with Crippen molar-refractivity contribution in [3.05, 3.63) is 52.0 Å². The number of fused-ring (bicyclic) bond motifs is 4. The number of hydrogen-bond donors (Lipinski definition) is 2. The van der Waals surface area contributed by atoms with Crippen LogP contribution in [-0.4, -0.2) is 45.6 Å². The fourth-order valence-electron chi connectivity index (χ4n) is 4.84. The Balaban J connectivity index is 1.61. The average Bonchev–Trinajstić information content (AvgIpc) is 3.31. The lowest BCUT2D eigenvalue weighted by atomic mass is 9.96. The molecule has 1 saturated carbocycles. The van der Waals surface area contributed by atoms with Gasteiger partial charge in [-0.3, -0.25) is 19.0 Å². The second kappa shape index (κ2) is 7.74. The third-order valence-electron chi connectivity index (χ3n) is 6.36. The molecule has 3 heterocycles. The van der Waals surface area contributed by atoms with Crippen molar-refractivity contribution in [3.8, 4) is 5.75 Å². The largest absolute Gasteiger partial charge is 0.502 e. The number of amides is 2. The first-order chi connectivity index (χ1) is 14.4. The zero-order valence-electron chi connectivity index (χ0n) is 16.8. The van der Waals surface area contributed by atoms with E-state index < -0.39 is 29.1 Å². The molecule has 1 aromatic heterocycles. The first kappa shape index (κ1) is 20.4. The predicted molar refractivity (Wildman–Crippen MR) is 109 cm³/mol. The third kappa shape index (κ3) is 3.14. The molecule has 1 unspecified atom stereocenters. The van der Waals surface area contributed by atoms with Crippen LogP contribution in [0.3, 0.4) is 0 Å². The zero-order chi connectivity index (χ0) is 21.5. The molecule has 1 spiro atoms. The lowest BCUT2D eigenvalue weighted by molar-refractivity contribution is 0.0753. The van der Waals surface area contributed by atoms with Gasteiger partial charge in [-0.1, -0.05) is 18.2 Å². The number of rotatable bonds is 6. The molecular formula is C22H26FN3O4. The van der Waals surface area contributed by atoms with Gasteiger partial charge < -0.3 is 15.3 Å². The molecule has 3 aliphatic rings.